The molecule has 1 amide bonds. The third-order valence-electron chi connectivity index (χ3n) is 10.9. The Balaban J connectivity index is 4.73. The van der Waals surface area contributed by atoms with Crippen LogP contribution in [-0.2, 0) is 19.1 Å². The summed E-state index contributed by atoms with van der Waals surface area (Å²) in [5.74, 6) is 0.920. The third-order valence-corrected chi connectivity index (χ3v) is 10.9. The molecule has 0 N–H and O–H groups in total. The molecule has 52 heavy (non-hydrogen) atoms. The average molecular weight is 735 g/mol. The monoisotopic (exact) mass is 735 g/mol. The molecule has 0 aliphatic rings. The molecular formula is C46H90N2O4. The second kappa shape index (κ2) is 39.3. The van der Waals surface area contributed by atoms with Crippen molar-refractivity contribution in [2.45, 2.75) is 239 Å². The maximum absolute atomic E-state index is 13.7. The predicted molar refractivity (Wildman–Crippen MR) is 224 cm³/mol. The predicted octanol–water partition coefficient (Wildman–Crippen LogP) is 13.0. The Labute approximate surface area is 324 Å². The average Bonchev–Trinajstić information content (AvgIpc) is 3.13. The number of carbonyl (C=O) groups is 3. The Hall–Kier alpha value is -1.43. The second-order valence-corrected chi connectivity index (χ2v) is 16.3. The topological polar surface area (TPSA) is 66.9 Å². The molecule has 0 saturated carbocycles. The van der Waals surface area contributed by atoms with Crippen molar-refractivity contribution in [3.05, 3.63) is 0 Å². The maximum atomic E-state index is 13.7. The fraction of sp³-hybridized carbons (Fsp3) is 0.935. The van der Waals surface area contributed by atoms with Gasteiger partial charge >= 0.3 is 5.97 Å². The highest BCUT2D eigenvalue weighted by molar-refractivity contribution is 5.76. The van der Waals surface area contributed by atoms with Gasteiger partial charge in [-0.25, -0.2) is 0 Å². The van der Waals surface area contributed by atoms with E-state index in [-0.39, 0.29) is 5.97 Å². The van der Waals surface area contributed by atoms with Crippen molar-refractivity contribution in [2.75, 3.05) is 33.8 Å². The summed E-state index contributed by atoms with van der Waals surface area (Å²) in [4.78, 5) is 41.3. The van der Waals surface area contributed by atoms with E-state index in [0.717, 1.165) is 70.7 Å². The summed E-state index contributed by atoms with van der Waals surface area (Å²) in [6, 6.07) is 0.355. The van der Waals surface area contributed by atoms with Crippen LogP contribution < -0.4 is 0 Å². The zero-order valence-corrected chi connectivity index (χ0v) is 35.7. The van der Waals surface area contributed by atoms with Crippen molar-refractivity contribution >= 4 is 18.2 Å². The summed E-state index contributed by atoms with van der Waals surface area (Å²) in [7, 11) is 4.25. The minimum absolute atomic E-state index is 0.000160. The van der Waals surface area contributed by atoms with E-state index >= 15 is 0 Å². The second-order valence-electron chi connectivity index (χ2n) is 16.3. The summed E-state index contributed by atoms with van der Waals surface area (Å²) >= 11 is 0. The molecule has 308 valence electrons. The fourth-order valence-electron chi connectivity index (χ4n) is 7.52. The van der Waals surface area contributed by atoms with Gasteiger partial charge in [0.15, 0.2) is 0 Å². The first-order valence-electron chi connectivity index (χ1n) is 22.9. The van der Waals surface area contributed by atoms with E-state index < -0.39 is 0 Å². The number of unbranched alkanes of at least 4 members (excludes halogenated alkanes) is 21. The van der Waals surface area contributed by atoms with Gasteiger partial charge in [-0.2, -0.15) is 0 Å². The number of aldehydes is 1. The first-order valence-corrected chi connectivity index (χ1v) is 22.9. The van der Waals surface area contributed by atoms with E-state index in [0.29, 0.717) is 43.7 Å². The summed E-state index contributed by atoms with van der Waals surface area (Å²) in [5.41, 5.74) is 0. The number of hydrogen-bond acceptors (Lipinski definition) is 5. The van der Waals surface area contributed by atoms with Gasteiger partial charge in [-0.3, -0.25) is 9.59 Å². The van der Waals surface area contributed by atoms with Crippen LogP contribution in [0.15, 0.2) is 0 Å². The van der Waals surface area contributed by atoms with E-state index in [9.17, 15) is 14.4 Å². The largest absolute Gasteiger partial charge is 0.465 e. The third kappa shape index (κ3) is 33.2. The Bertz CT molecular complexity index is 788. The lowest BCUT2D eigenvalue weighted by Gasteiger charge is -2.33. The highest BCUT2D eigenvalue weighted by Gasteiger charge is 2.23. The number of ether oxygens (including phenoxy) is 1. The molecule has 0 bridgehead atoms. The molecule has 6 nitrogen and oxygen atoms in total. The molecule has 2 atom stereocenters. The van der Waals surface area contributed by atoms with Crippen molar-refractivity contribution < 1.29 is 19.1 Å². The zero-order chi connectivity index (χ0) is 38.3. The van der Waals surface area contributed by atoms with Gasteiger partial charge in [0.05, 0.1) is 6.61 Å². The number of nitrogens with zero attached hydrogens (tertiary/aromatic N) is 2. The highest BCUT2D eigenvalue weighted by Crippen LogP contribution is 2.22. The van der Waals surface area contributed by atoms with Crippen molar-refractivity contribution in [2.24, 2.45) is 5.92 Å². The zero-order valence-electron chi connectivity index (χ0n) is 35.7. The van der Waals surface area contributed by atoms with Crippen molar-refractivity contribution in [3.8, 4) is 0 Å². The first-order chi connectivity index (χ1) is 25.4. The SMILES string of the molecule is CCCCCCCCC(=O)N(CCCN(C)C)C(CCCCCCCCC=O)CCCCCCCCCC(=O)OCC(CCCC)CCCCCC. The van der Waals surface area contributed by atoms with Crippen molar-refractivity contribution in [1.29, 1.82) is 0 Å². The fourth-order valence-corrected chi connectivity index (χ4v) is 7.52. The molecule has 0 aliphatic carbocycles. The number of esters is 1. The van der Waals surface area contributed by atoms with E-state index in [1.165, 1.54) is 141 Å². The smallest absolute Gasteiger partial charge is 0.305 e. The lowest BCUT2D eigenvalue weighted by molar-refractivity contribution is -0.145. The molecule has 0 aromatic carbocycles. The van der Waals surface area contributed by atoms with Crippen LogP contribution in [0.4, 0.5) is 0 Å². The van der Waals surface area contributed by atoms with Gasteiger partial charge in [-0.05, 0) is 77.9 Å². The van der Waals surface area contributed by atoms with Gasteiger partial charge in [0.2, 0.25) is 5.91 Å². The quantitative estimate of drug-likeness (QED) is 0.0355. The molecule has 0 saturated heterocycles. The van der Waals surface area contributed by atoms with Gasteiger partial charge in [0, 0.05) is 31.8 Å². The minimum atomic E-state index is 0.000160. The van der Waals surface area contributed by atoms with Gasteiger partial charge in [0.1, 0.15) is 6.29 Å². The molecule has 0 radical (unpaired) electrons. The highest BCUT2D eigenvalue weighted by atomic mass is 16.5. The van der Waals surface area contributed by atoms with Crippen LogP contribution >= 0.6 is 0 Å². The van der Waals surface area contributed by atoms with Crippen LogP contribution in [0.25, 0.3) is 0 Å². The van der Waals surface area contributed by atoms with Crippen LogP contribution in [0.2, 0.25) is 0 Å². The normalized spacial score (nSPS) is 12.7. The summed E-state index contributed by atoms with van der Waals surface area (Å²) < 4.78 is 5.73. The van der Waals surface area contributed by atoms with Crippen LogP contribution in [-0.4, -0.2) is 67.8 Å². The van der Waals surface area contributed by atoms with E-state index in [1.54, 1.807) is 0 Å². The molecule has 6 heteroatoms. The van der Waals surface area contributed by atoms with E-state index in [1.807, 2.05) is 0 Å². The molecule has 0 spiro atoms. The Morgan fingerprint density at radius 2 is 0.981 bits per heavy atom. The summed E-state index contributed by atoms with van der Waals surface area (Å²) in [5, 5.41) is 0. The Morgan fingerprint density at radius 3 is 1.54 bits per heavy atom. The molecule has 0 aromatic heterocycles. The van der Waals surface area contributed by atoms with Crippen LogP contribution in [0.5, 0.6) is 0 Å². The summed E-state index contributed by atoms with van der Waals surface area (Å²) in [6.07, 6.45) is 38.7. The lowest BCUT2D eigenvalue weighted by atomic mass is 9.96. The van der Waals surface area contributed by atoms with Crippen molar-refractivity contribution in [1.82, 2.24) is 9.80 Å². The van der Waals surface area contributed by atoms with Gasteiger partial charge in [-0.1, -0.05) is 162 Å². The van der Waals surface area contributed by atoms with Crippen molar-refractivity contribution in [3.63, 3.8) is 0 Å². The van der Waals surface area contributed by atoms with Crippen LogP contribution in [0.1, 0.15) is 233 Å². The summed E-state index contributed by atoms with van der Waals surface area (Å²) in [6.45, 7) is 9.26. The number of carbonyl (C=O) groups excluding carboxylic acids is 3. The molecular weight excluding hydrogens is 645 g/mol. The van der Waals surface area contributed by atoms with E-state index in [4.69, 9.17) is 4.74 Å². The minimum Gasteiger partial charge on any atom is -0.465 e. The Morgan fingerprint density at radius 1 is 0.519 bits per heavy atom. The number of amides is 1. The maximum Gasteiger partial charge on any atom is 0.305 e. The standard InChI is InChI=1S/C46H90N2O4/c1-6-9-12-14-23-29-37-45(50)48(40-32-39-47(4)5)44(36-28-22-18-16-20-25-31-41-49)35-27-21-17-15-19-24-30-38-46(51)52-42-43(33-11-8-3)34-26-13-10-7-2/h41,43-44H,6-40,42H2,1-5H3. The van der Waals surface area contributed by atoms with Crippen LogP contribution in [0.3, 0.4) is 0 Å². The molecule has 0 fully saturated rings. The van der Waals surface area contributed by atoms with Gasteiger partial charge < -0.3 is 19.3 Å². The van der Waals surface area contributed by atoms with E-state index in [2.05, 4.69) is 44.7 Å². The van der Waals surface area contributed by atoms with Gasteiger partial charge in [-0.15, -0.1) is 0 Å². The van der Waals surface area contributed by atoms with Crippen LogP contribution in [0, 0.1) is 5.92 Å². The molecule has 0 rings (SSSR count). The molecule has 2 unspecified atom stereocenters. The lowest BCUT2D eigenvalue weighted by Crippen LogP contribution is -2.41. The molecule has 0 aliphatic heterocycles. The number of rotatable bonds is 41. The Kier molecular flexibility index (Phi) is 38.2. The number of hydrogen-bond donors (Lipinski definition) is 0. The first kappa shape index (κ1) is 50.6. The molecule has 0 heterocycles. The molecule has 0 aromatic rings. The van der Waals surface area contributed by atoms with Gasteiger partial charge in [0.25, 0.3) is 0 Å².